The minimum absolute atomic E-state index is 0.00851. The minimum Gasteiger partial charge on any atom is -0.354 e. The van der Waals surface area contributed by atoms with Crippen LogP contribution in [0.25, 0.3) is 0 Å². The van der Waals surface area contributed by atoms with Gasteiger partial charge < -0.3 is 20.4 Å². The molecule has 2 aliphatic heterocycles. The average molecular weight is 407 g/mol. The fraction of sp³-hybridized carbons (Fsp3) is 0.864. The van der Waals surface area contributed by atoms with Crippen LogP contribution in [-0.2, 0) is 9.59 Å². The van der Waals surface area contributed by atoms with Crippen LogP contribution in [0.2, 0.25) is 0 Å². The predicted octanol–water partition coefficient (Wildman–Crippen LogP) is 2.65. The first kappa shape index (κ1) is 21.9. The molecule has 29 heavy (non-hydrogen) atoms. The number of unbranched alkanes of at least 4 members (excludes halogenated alkanes) is 1. The van der Waals surface area contributed by atoms with Crippen LogP contribution < -0.4 is 10.6 Å². The number of hydrogen-bond acceptors (Lipinski definition) is 3. The average Bonchev–Trinajstić information content (AvgIpc) is 3.29. The Balaban J connectivity index is 1.53. The molecular weight excluding hydrogens is 368 g/mol. The van der Waals surface area contributed by atoms with Gasteiger partial charge in [0.15, 0.2) is 0 Å². The van der Waals surface area contributed by atoms with Gasteiger partial charge in [0.25, 0.3) is 0 Å². The lowest BCUT2D eigenvalue weighted by molar-refractivity contribution is -0.137. The van der Waals surface area contributed by atoms with E-state index in [4.69, 9.17) is 0 Å². The summed E-state index contributed by atoms with van der Waals surface area (Å²) in [6.45, 7) is 5.74. The van der Waals surface area contributed by atoms with Crippen LogP contribution >= 0.6 is 0 Å². The molecule has 0 atom stereocenters. The van der Waals surface area contributed by atoms with Gasteiger partial charge in [0.05, 0.1) is 0 Å². The first-order valence-corrected chi connectivity index (χ1v) is 11.7. The lowest BCUT2D eigenvalue weighted by Gasteiger charge is -2.39. The van der Waals surface area contributed by atoms with Crippen LogP contribution in [0.3, 0.4) is 0 Å². The van der Waals surface area contributed by atoms with Crippen LogP contribution in [-0.4, -0.2) is 65.9 Å². The van der Waals surface area contributed by atoms with Gasteiger partial charge in [-0.25, -0.2) is 4.79 Å². The molecule has 0 unspecified atom stereocenters. The Morgan fingerprint density at radius 1 is 0.897 bits per heavy atom. The monoisotopic (exact) mass is 406 g/mol. The third-order valence-electron chi connectivity index (χ3n) is 6.83. The van der Waals surface area contributed by atoms with Gasteiger partial charge in [-0.05, 0) is 44.9 Å². The van der Waals surface area contributed by atoms with Crippen LogP contribution in [0.5, 0.6) is 0 Å². The molecule has 2 N–H and O–H groups in total. The van der Waals surface area contributed by atoms with Gasteiger partial charge in [0.2, 0.25) is 11.8 Å². The van der Waals surface area contributed by atoms with Gasteiger partial charge in [0, 0.05) is 38.6 Å². The van der Waals surface area contributed by atoms with Gasteiger partial charge in [0.1, 0.15) is 5.54 Å². The van der Waals surface area contributed by atoms with Crippen molar-refractivity contribution in [2.45, 2.75) is 83.1 Å². The number of amides is 4. The van der Waals surface area contributed by atoms with Crippen LogP contribution in [0.4, 0.5) is 4.79 Å². The van der Waals surface area contributed by atoms with Crippen molar-refractivity contribution >= 4 is 17.8 Å². The Hall–Kier alpha value is -1.79. The lowest BCUT2D eigenvalue weighted by Crippen LogP contribution is -2.61. The number of nitrogens with one attached hydrogen (secondary N) is 2. The summed E-state index contributed by atoms with van der Waals surface area (Å²) in [5.41, 5.74) is -0.744. The topological polar surface area (TPSA) is 81.8 Å². The van der Waals surface area contributed by atoms with Crippen molar-refractivity contribution in [3.63, 3.8) is 0 Å². The Morgan fingerprint density at radius 2 is 1.52 bits per heavy atom. The molecule has 0 spiro atoms. The van der Waals surface area contributed by atoms with E-state index >= 15 is 0 Å². The summed E-state index contributed by atoms with van der Waals surface area (Å²) in [5.74, 6) is -0.133. The van der Waals surface area contributed by atoms with Crippen molar-refractivity contribution in [1.82, 2.24) is 20.4 Å². The molecule has 3 aliphatic rings. The summed E-state index contributed by atoms with van der Waals surface area (Å²) in [6.07, 6.45) is 10.1. The molecule has 1 saturated carbocycles. The summed E-state index contributed by atoms with van der Waals surface area (Å²) in [7, 11) is 0. The molecule has 2 heterocycles. The predicted molar refractivity (Wildman–Crippen MR) is 112 cm³/mol. The van der Waals surface area contributed by atoms with E-state index in [2.05, 4.69) is 17.6 Å². The van der Waals surface area contributed by atoms with Crippen molar-refractivity contribution < 1.29 is 14.4 Å². The molecule has 2 saturated heterocycles. The third-order valence-corrected chi connectivity index (χ3v) is 6.83. The number of carbonyl (C=O) groups excluding carboxylic acids is 3. The largest absolute Gasteiger partial charge is 0.354 e. The molecule has 1 aliphatic carbocycles. The Kier molecular flexibility index (Phi) is 7.78. The molecule has 164 valence electrons. The van der Waals surface area contributed by atoms with Gasteiger partial charge in [-0.3, -0.25) is 9.59 Å². The maximum Gasteiger partial charge on any atom is 0.319 e. The standard InChI is InChI=1S/C22H38N4O3/c1-2-3-13-23-20(28)22(11-5-4-6-12-22)24-19(27)18-9-16-26(17-10-18)21(29)25-14-7-8-15-25/h18H,2-17H2,1H3,(H,23,28)(H,24,27). The van der Waals surface area contributed by atoms with E-state index in [1.807, 2.05) is 9.80 Å². The number of carbonyl (C=O) groups is 3. The minimum atomic E-state index is -0.744. The smallest absolute Gasteiger partial charge is 0.319 e. The Labute approximate surface area is 174 Å². The lowest BCUT2D eigenvalue weighted by atomic mass is 9.80. The van der Waals surface area contributed by atoms with Crippen LogP contribution in [0, 0.1) is 5.92 Å². The molecule has 0 aromatic carbocycles. The second-order valence-electron chi connectivity index (χ2n) is 8.98. The highest BCUT2D eigenvalue weighted by molar-refractivity contribution is 5.92. The molecule has 7 nitrogen and oxygen atoms in total. The Bertz CT molecular complexity index is 575. The second kappa shape index (κ2) is 10.3. The van der Waals surface area contributed by atoms with Crippen molar-refractivity contribution in [2.75, 3.05) is 32.7 Å². The zero-order valence-corrected chi connectivity index (χ0v) is 18.0. The highest BCUT2D eigenvalue weighted by Crippen LogP contribution is 2.30. The summed E-state index contributed by atoms with van der Waals surface area (Å²) in [4.78, 5) is 42.3. The molecule has 7 heteroatoms. The van der Waals surface area contributed by atoms with E-state index in [1.54, 1.807) is 0 Å². The number of hydrogen-bond donors (Lipinski definition) is 2. The van der Waals surface area contributed by atoms with Crippen molar-refractivity contribution in [1.29, 1.82) is 0 Å². The fourth-order valence-corrected chi connectivity index (χ4v) is 4.89. The van der Waals surface area contributed by atoms with Crippen LogP contribution in [0.15, 0.2) is 0 Å². The third kappa shape index (κ3) is 5.43. The molecule has 0 radical (unpaired) electrons. The van der Waals surface area contributed by atoms with Crippen molar-refractivity contribution in [2.24, 2.45) is 5.92 Å². The zero-order chi connectivity index (χ0) is 20.7. The van der Waals surface area contributed by atoms with Crippen LogP contribution in [0.1, 0.15) is 77.6 Å². The molecule has 0 aromatic rings. The van der Waals surface area contributed by atoms with Crippen molar-refractivity contribution in [3.8, 4) is 0 Å². The van der Waals surface area contributed by atoms with E-state index in [0.29, 0.717) is 32.5 Å². The second-order valence-corrected chi connectivity index (χ2v) is 8.98. The summed E-state index contributed by atoms with van der Waals surface area (Å²) >= 11 is 0. The molecule has 4 amide bonds. The number of rotatable bonds is 6. The van der Waals surface area contributed by atoms with E-state index in [0.717, 1.165) is 70.9 Å². The molecular formula is C22H38N4O3. The van der Waals surface area contributed by atoms with E-state index in [1.165, 1.54) is 0 Å². The first-order valence-electron chi connectivity index (χ1n) is 11.7. The maximum absolute atomic E-state index is 13.0. The SMILES string of the molecule is CCCCNC(=O)C1(NC(=O)C2CCN(C(=O)N3CCCC3)CC2)CCCCC1. The van der Waals surface area contributed by atoms with E-state index in [-0.39, 0.29) is 23.8 Å². The maximum atomic E-state index is 13.0. The van der Waals surface area contributed by atoms with Gasteiger partial charge in [-0.2, -0.15) is 0 Å². The van der Waals surface area contributed by atoms with Gasteiger partial charge in [-0.15, -0.1) is 0 Å². The van der Waals surface area contributed by atoms with Crippen molar-refractivity contribution in [3.05, 3.63) is 0 Å². The number of urea groups is 1. The van der Waals surface area contributed by atoms with Gasteiger partial charge in [-0.1, -0.05) is 32.6 Å². The highest BCUT2D eigenvalue weighted by Gasteiger charge is 2.42. The first-order chi connectivity index (χ1) is 14.1. The normalized spacial score (nSPS) is 22.4. The highest BCUT2D eigenvalue weighted by atomic mass is 16.2. The summed E-state index contributed by atoms with van der Waals surface area (Å²) in [5, 5.41) is 6.21. The fourth-order valence-electron chi connectivity index (χ4n) is 4.89. The molecule has 3 fully saturated rings. The molecule has 0 bridgehead atoms. The zero-order valence-electron chi connectivity index (χ0n) is 18.0. The molecule has 0 aromatic heterocycles. The quantitative estimate of drug-likeness (QED) is 0.666. The number of nitrogens with zero attached hydrogens (tertiary/aromatic N) is 2. The summed E-state index contributed by atoms with van der Waals surface area (Å²) in [6, 6.07) is 0.125. The van der Waals surface area contributed by atoms with E-state index < -0.39 is 5.54 Å². The number of likely N-dealkylation sites (tertiary alicyclic amines) is 2. The number of piperidine rings is 1. The summed E-state index contributed by atoms with van der Waals surface area (Å²) < 4.78 is 0. The van der Waals surface area contributed by atoms with Gasteiger partial charge >= 0.3 is 6.03 Å². The molecule has 3 rings (SSSR count). The van der Waals surface area contributed by atoms with E-state index in [9.17, 15) is 14.4 Å². The Morgan fingerprint density at radius 3 is 2.14 bits per heavy atom.